The van der Waals surface area contributed by atoms with E-state index in [1.54, 1.807) is 24.4 Å². The van der Waals surface area contributed by atoms with Crippen molar-refractivity contribution in [2.45, 2.75) is 51.1 Å². The number of nitrogens with zero attached hydrogens (tertiary/aromatic N) is 3. The fraction of sp³-hybridized carbons (Fsp3) is 0.244. The lowest BCUT2D eigenvalue weighted by atomic mass is 9.87. The smallest absolute Gasteiger partial charge is 0.338 e. The van der Waals surface area contributed by atoms with E-state index < -0.39 is 0 Å². The summed E-state index contributed by atoms with van der Waals surface area (Å²) in [5.74, 6) is -0.776. The summed E-state index contributed by atoms with van der Waals surface area (Å²) < 4.78 is 7.03. The molecule has 1 atom stereocenters. The van der Waals surface area contributed by atoms with Crippen molar-refractivity contribution in [1.82, 2.24) is 14.9 Å². The zero-order valence-electron chi connectivity index (χ0n) is 30.4. The normalized spacial score (nSPS) is 15.4. The van der Waals surface area contributed by atoms with Crippen LogP contribution in [0.2, 0.25) is 0 Å². The number of aromatic nitrogens is 2. The predicted octanol–water partition coefficient (Wildman–Crippen LogP) is 8.59. The number of pyridine rings is 1. The van der Waals surface area contributed by atoms with Crippen molar-refractivity contribution < 1.29 is 19.1 Å². The molecule has 2 N–H and O–H groups in total. The Labute approximate surface area is 315 Å². The summed E-state index contributed by atoms with van der Waals surface area (Å²) in [5, 5.41) is 7.26. The van der Waals surface area contributed by atoms with Gasteiger partial charge in [0.2, 0.25) is 0 Å². The first-order valence-electron chi connectivity index (χ1n) is 18.8. The number of nitrogens with one attached hydrogen (secondary N) is 2. The lowest BCUT2D eigenvalue weighted by Gasteiger charge is -2.29. The van der Waals surface area contributed by atoms with Crippen LogP contribution in [-0.2, 0) is 17.7 Å². The number of carbonyl (C=O) groups is 3. The van der Waals surface area contributed by atoms with E-state index in [-0.39, 0.29) is 23.8 Å². The van der Waals surface area contributed by atoms with Crippen molar-refractivity contribution >= 4 is 40.1 Å². The standard InChI is InChI=1S/C45H43N5O4/c1-54-45(53)37-15-9-17-42-36(37)21-25-50(42)29-30-10-7-13-32(26-30)43(51)48-40-19-18-34(49-23-5-2-6-24-49)28-38(40)41-27-33(20-22-46-41)44(52)47-39-16-8-12-31-11-3-4-14-35(31)39/h3-4,7,9-11,13-15,17-22,25-28,39H,2,5-6,8,12,16,23-24,29H2,1H3,(H,47,52)(H,48,51). The van der Waals surface area contributed by atoms with Crippen LogP contribution in [0.15, 0.2) is 116 Å². The molecule has 1 fully saturated rings. The Morgan fingerprint density at radius 1 is 0.815 bits per heavy atom. The van der Waals surface area contributed by atoms with E-state index in [1.807, 2.05) is 60.8 Å². The van der Waals surface area contributed by atoms with Gasteiger partial charge in [-0.05, 0) is 116 Å². The van der Waals surface area contributed by atoms with Gasteiger partial charge in [0.15, 0.2) is 0 Å². The number of anilines is 2. The molecule has 0 radical (unpaired) electrons. The molecule has 0 spiro atoms. The molecule has 2 aromatic heterocycles. The van der Waals surface area contributed by atoms with E-state index in [1.165, 1.54) is 24.7 Å². The molecule has 4 aromatic carbocycles. The maximum Gasteiger partial charge on any atom is 0.338 e. The molecule has 6 aromatic rings. The summed E-state index contributed by atoms with van der Waals surface area (Å²) in [6.45, 7) is 2.45. The van der Waals surface area contributed by atoms with E-state index in [9.17, 15) is 14.4 Å². The van der Waals surface area contributed by atoms with Gasteiger partial charge in [0, 0.05) is 65.3 Å². The van der Waals surface area contributed by atoms with E-state index >= 15 is 0 Å². The highest BCUT2D eigenvalue weighted by atomic mass is 16.5. The van der Waals surface area contributed by atoms with Gasteiger partial charge in [-0.25, -0.2) is 4.79 Å². The Morgan fingerprint density at radius 3 is 2.52 bits per heavy atom. The van der Waals surface area contributed by atoms with Crippen molar-refractivity contribution in [3.63, 3.8) is 0 Å². The average Bonchev–Trinajstić information content (AvgIpc) is 3.63. The monoisotopic (exact) mass is 717 g/mol. The lowest BCUT2D eigenvalue weighted by molar-refractivity contribution is 0.0602. The van der Waals surface area contributed by atoms with Crippen LogP contribution in [0.3, 0.4) is 0 Å². The number of piperidine rings is 1. The van der Waals surface area contributed by atoms with E-state index in [4.69, 9.17) is 9.72 Å². The van der Waals surface area contributed by atoms with Gasteiger partial charge in [0.25, 0.3) is 11.8 Å². The fourth-order valence-electron chi connectivity index (χ4n) is 7.92. The number of rotatable bonds is 9. The molecule has 54 heavy (non-hydrogen) atoms. The van der Waals surface area contributed by atoms with Gasteiger partial charge < -0.3 is 24.8 Å². The van der Waals surface area contributed by atoms with Crippen LogP contribution in [0, 0.1) is 0 Å². The number of hydrogen-bond donors (Lipinski definition) is 2. The van der Waals surface area contributed by atoms with Gasteiger partial charge in [-0.15, -0.1) is 0 Å². The second-order valence-corrected chi connectivity index (χ2v) is 14.2. The minimum Gasteiger partial charge on any atom is -0.465 e. The third-order valence-corrected chi connectivity index (χ3v) is 10.7. The molecule has 1 aliphatic carbocycles. The molecule has 2 aliphatic rings. The van der Waals surface area contributed by atoms with Gasteiger partial charge >= 0.3 is 5.97 Å². The number of benzene rings is 4. The van der Waals surface area contributed by atoms with Crippen LogP contribution in [0.1, 0.15) is 85.9 Å². The second kappa shape index (κ2) is 15.4. The van der Waals surface area contributed by atoms with Crippen LogP contribution in [0.4, 0.5) is 11.4 Å². The van der Waals surface area contributed by atoms with Gasteiger partial charge in [-0.1, -0.05) is 42.5 Å². The number of esters is 1. The van der Waals surface area contributed by atoms with Crippen molar-refractivity contribution in [2.24, 2.45) is 0 Å². The zero-order chi connectivity index (χ0) is 37.0. The second-order valence-electron chi connectivity index (χ2n) is 14.2. The molecular formula is C45H43N5O4. The van der Waals surface area contributed by atoms with Crippen LogP contribution in [0.5, 0.6) is 0 Å². The van der Waals surface area contributed by atoms with Crippen LogP contribution < -0.4 is 15.5 Å². The molecule has 1 saturated heterocycles. The number of carbonyl (C=O) groups excluding carboxylic acids is 3. The largest absolute Gasteiger partial charge is 0.465 e. The average molecular weight is 718 g/mol. The highest BCUT2D eigenvalue weighted by Gasteiger charge is 2.23. The minimum atomic E-state index is -0.379. The Bertz CT molecular complexity index is 2360. The Balaban J connectivity index is 1.06. The SMILES string of the molecule is COC(=O)c1cccc2c1ccn2Cc1cccc(C(=O)Nc2ccc(N3CCCCC3)cc2-c2cc(C(=O)NC3CCCc4ccccc43)ccn2)c1. The van der Waals surface area contributed by atoms with Crippen molar-refractivity contribution in [3.05, 3.63) is 149 Å². The first-order valence-corrected chi connectivity index (χ1v) is 18.8. The van der Waals surface area contributed by atoms with Gasteiger partial charge in [-0.2, -0.15) is 0 Å². The topological polar surface area (TPSA) is 106 Å². The third-order valence-electron chi connectivity index (χ3n) is 10.7. The van der Waals surface area contributed by atoms with Crippen molar-refractivity contribution in [1.29, 1.82) is 0 Å². The molecule has 1 unspecified atom stereocenters. The van der Waals surface area contributed by atoms with Gasteiger partial charge in [0.1, 0.15) is 0 Å². The number of ether oxygens (including phenoxy) is 1. The number of methoxy groups -OCH3 is 1. The Morgan fingerprint density at radius 2 is 1.65 bits per heavy atom. The van der Waals surface area contributed by atoms with Crippen molar-refractivity contribution in [2.75, 3.05) is 30.4 Å². The molecule has 9 nitrogen and oxygen atoms in total. The first-order chi connectivity index (χ1) is 26.4. The molecule has 9 heteroatoms. The van der Waals surface area contributed by atoms with Crippen LogP contribution in [0.25, 0.3) is 22.2 Å². The summed E-state index contributed by atoms with van der Waals surface area (Å²) in [4.78, 5) is 47.1. The van der Waals surface area contributed by atoms with Gasteiger partial charge in [0.05, 0.1) is 30.1 Å². The summed E-state index contributed by atoms with van der Waals surface area (Å²) in [6, 6.07) is 33.0. The molecule has 3 heterocycles. The van der Waals surface area contributed by atoms with E-state index in [0.29, 0.717) is 34.6 Å². The molecule has 8 rings (SSSR count). The highest BCUT2D eigenvalue weighted by Crippen LogP contribution is 2.34. The molecular weight excluding hydrogens is 675 g/mol. The lowest BCUT2D eigenvalue weighted by Crippen LogP contribution is -2.31. The van der Waals surface area contributed by atoms with Crippen LogP contribution in [-0.4, -0.2) is 47.5 Å². The maximum absolute atomic E-state index is 13.9. The quantitative estimate of drug-likeness (QED) is 0.145. The third kappa shape index (κ3) is 7.22. The summed E-state index contributed by atoms with van der Waals surface area (Å²) in [5.41, 5.74) is 8.90. The summed E-state index contributed by atoms with van der Waals surface area (Å²) in [7, 11) is 1.38. The Kier molecular flexibility index (Phi) is 9.94. The summed E-state index contributed by atoms with van der Waals surface area (Å²) in [6.07, 6.45) is 10.0. The Hall–Kier alpha value is -6.22. The maximum atomic E-state index is 13.9. The number of amides is 2. The highest BCUT2D eigenvalue weighted by molar-refractivity contribution is 6.07. The molecule has 2 amide bonds. The first kappa shape index (κ1) is 34.8. The van der Waals surface area contributed by atoms with E-state index in [0.717, 1.165) is 72.9 Å². The molecule has 0 saturated carbocycles. The number of hydrogen-bond acceptors (Lipinski definition) is 6. The number of fused-ring (bicyclic) bond motifs is 2. The fourth-order valence-corrected chi connectivity index (χ4v) is 7.92. The number of aryl methyl sites for hydroxylation is 1. The van der Waals surface area contributed by atoms with Gasteiger partial charge in [-0.3, -0.25) is 14.6 Å². The van der Waals surface area contributed by atoms with E-state index in [2.05, 4.69) is 50.4 Å². The van der Waals surface area contributed by atoms with Crippen LogP contribution >= 0.6 is 0 Å². The summed E-state index contributed by atoms with van der Waals surface area (Å²) >= 11 is 0. The zero-order valence-corrected chi connectivity index (χ0v) is 30.4. The molecule has 272 valence electrons. The molecule has 0 bridgehead atoms. The minimum absolute atomic E-state index is 0.0410. The van der Waals surface area contributed by atoms with Crippen molar-refractivity contribution in [3.8, 4) is 11.3 Å². The predicted molar refractivity (Wildman–Crippen MR) is 212 cm³/mol. The molecule has 1 aliphatic heterocycles.